The molecule has 1 aromatic carbocycles. The van der Waals surface area contributed by atoms with Crippen molar-refractivity contribution < 1.29 is 13.2 Å². The summed E-state index contributed by atoms with van der Waals surface area (Å²) < 4.78 is 38.9. The lowest BCUT2D eigenvalue weighted by Gasteiger charge is -2.21. The molecule has 0 saturated heterocycles. The number of nitrogen functional groups attached to an aromatic ring is 1. The lowest BCUT2D eigenvalue weighted by atomic mass is 10.2. The maximum atomic E-state index is 13.0. The fraction of sp³-hybridized carbons (Fsp3) is 0.375. The summed E-state index contributed by atoms with van der Waals surface area (Å²) in [5.41, 5.74) is 5.61. The Morgan fingerprint density at radius 2 is 2.00 bits per heavy atom. The van der Waals surface area contributed by atoms with E-state index in [1.54, 1.807) is 0 Å². The lowest BCUT2D eigenvalue weighted by Crippen LogP contribution is -2.21. The van der Waals surface area contributed by atoms with Gasteiger partial charge in [0.25, 0.3) is 0 Å². The van der Waals surface area contributed by atoms with Gasteiger partial charge in [0.2, 0.25) is 0 Å². The largest absolute Gasteiger partial charge is 0.417 e. The minimum atomic E-state index is -4.54. The molecule has 0 bridgehead atoms. The SMILES string of the molecule is CCCCN(C)c1ncnc(Nc2ccc(Cl)c(C(F)(F)F)c2)c1N. The number of nitrogens with two attached hydrogens (primary N) is 1. The molecule has 5 nitrogen and oxygen atoms in total. The van der Waals surface area contributed by atoms with E-state index >= 15 is 0 Å². The summed E-state index contributed by atoms with van der Waals surface area (Å²) >= 11 is 5.63. The van der Waals surface area contributed by atoms with Gasteiger partial charge in [0, 0.05) is 19.3 Å². The predicted octanol–water partition coefficient (Wildman–Crippen LogP) is 4.71. The first-order valence-electron chi connectivity index (χ1n) is 7.69. The Hall–Kier alpha value is -2.22. The normalized spacial score (nSPS) is 11.4. The third-order valence-corrected chi connectivity index (χ3v) is 3.94. The van der Waals surface area contributed by atoms with Gasteiger partial charge in [0.05, 0.1) is 10.6 Å². The lowest BCUT2D eigenvalue weighted by molar-refractivity contribution is -0.137. The molecule has 0 aliphatic heterocycles. The summed E-state index contributed by atoms with van der Waals surface area (Å²) in [7, 11) is 1.85. The molecule has 2 rings (SSSR count). The number of halogens is 4. The van der Waals surface area contributed by atoms with E-state index in [1.165, 1.54) is 18.5 Å². The number of anilines is 4. The van der Waals surface area contributed by atoms with Crippen molar-refractivity contribution in [2.45, 2.75) is 25.9 Å². The fourth-order valence-electron chi connectivity index (χ4n) is 2.25. The Morgan fingerprint density at radius 1 is 1.28 bits per heavy atom. The molecule has 0 fully saturated rings. The van der Waals surface area contributed by atoms with Crippen LogP contribution in [0.2, 0.25) is 5.02 Å². The standard InChI is InChI=1S/C16H19ClF3N5/c1-3-4-7-25(2)15-13(21)14(22-9-23-15)24-10-5-6-12(17)11(8-10)16(18,19)20/h5-6,8-9H,3-4,7,21H2,1-2H3,(H,22,23,24). The maximum absolute atomic E-state index is 13.0. The van der Waals surface area contributed by atoms with Crippen LogP contribution in [0.5, 0.6) is 0 Å². The summed E-state index contributed by atoms with van der Waals surface area (Å²) in [6.45, 7) is 2.83. The van der Waals surface area contributed by atoms with Gasteiger partial charge >= 0.3 is 6.18 Å². The van der Waals surface area contributed by atoms with E-state index in [4.69, 9.17) is 17.3 Å². The Kier molecular flexibility index (Phi) is 5.94. The van der Waals surface area contributed by atoms with Crippen molar-refractivity contribution >= 4 is 34.6 Å². The van der Waals surface area contributed by atoms with Crippen molar-refractivity contribution in [2.75, 3.05) is 29.5 Å². The first-order chi connectivity index (χ1) is 11.7. The number of alkyl halides is 3. The molecule has 0 amide bonds. The highest BCUT2D eigenvalue weighted by molar-refractivity contribution is 6.31. The summed E-state index contributed by atoms with van der Waals surface area (Å²) in [4.78, 5) is 10.1. The smallest absolute Gasteiger partial charge is 0.393 e. The van der Waals surface area contributed by atoms with Gasteiger partial charge in [-0.25, -0.2) is 9.97 Å². The van der Waals surface area contributed by atoms with Gasteiger partial charge in [0.1, 0.15) is 12.0 Å². The van der Waals surface area contributed by atoms with E-state index in [1.807, 2.05) is 11.9 Å². The summed E-state index contributed by atoms with van der Waals surface area (Å²) in [5, 5.41) is 2.43. The van der Waals surface area contributed by atoms with Crippen LogP contribution in [0.15, 0.2) is 24.5 Å². The van der Waals surface area contributed by atoms with Gasteiger partial charge < -0.3 is 16.0 Å². The van der Waals surface area contributed by atoms with E-state index in [9.17, 15) is 13.2 Å². The summed E-state index contributed by atoms with van der Waals surface area (Å²) in [5.74, 6) is 0.764. The van der Waals surface area contributed by atoms with Crippen LogP contribution in [0.4, 0.5) is 36.2 Å². The van der Waals surface area contributed by atoms with Crippen LogP contribution < -0.4 is 16.0 Å². The van der Waals surface area contributed by atoms with Crippen molar-refractivity contribution in [3.8, 4) is 0 Å². The van der Waals surface area contributed by atoms with Crippen LogP contribution in [0.25, 0.3) is 0 Å². The summed E-state index contributed by atoms with van der Waals surface area (Å²) in [6, 6.07) is 3.53. The van der Waals surface area contributed by atoms with Crippen LogP contribution in [-0.2, 0) is 6.18 Å². The number of rotatable bonds is 6. The average Bonchev–Trinajstić information content (AvgIpc) is 2.55. The second-order valence-electron chi connectivity index (χ2n) is 5.55. The first kappa shape index (κ1) is 19.1. The second kappa shape index (κ2) is 7.77. The van der Waals surface area contributed by atoms with Crippen LogP contribution in [0.1, 0.15) is 25.3 Å². The number of nitrogens with zero attached hydrogens (tertiary/aromatic N) is 3. The minimum absolute atomic E-state index is 0.185. The zero-order valence-electron chi connectivity index (χ0n) is 13.9. The number of aromatic nitrogens is 2. The highest BCUT2D eigenvalue weighted by Gasteiger charge is 2.33. The minimum Gasteiger partial charge on any atom is -0.393 e. The number of hydrogen-bond acceptors (Lipinski definition) is 5. The molecule has 1 aromatic heterocycles. The van der Waals surface area contributed by atoms with Gasteiger partial charge in [-0.1, -0.05) is 24.9 Å². The third kappa shape index (κ3) is 4.66. The van der Waals surface area contributed by atoms with Gasteiger partial charge in [-0.15, -0.1) is 0 Å². The molecule has 0 aliphatic carbocycles. The Labute approximate surface area is 149 Å². The number of unbranched alkanes of at least 4 members (excludes halogenated alkanes) is 1. The summed E-state index contributed by atoms with van der Waals surface area (Å²) in [6.07, 6.45) is -1.24. The molecular formula is C16H19ClF3N5. The van der Waals surface area contributed by atoms with Gasteiger partial charge in [0.15, 0.2) is 11.6 Å². The van der Waals surface area contributed by atoms with E-state index < -0.39 is 11.7 Å². The van der Waals surface area contributed by atoms with Crippen LogP contribution in [0.3, 0.4) is 0 Å². The number of benzene rings is 1. The van der Waals surface area contributed by atoms with E-state index in [0.717, 1.165) is 25.5 Å². The monoisotopic (exact) mass is 373 g/mol. The molecule has 0 atom stereocenters. The van der Waals surface area contributed by atoms with Gasteiger partial charge in [-0.2, -0.15) is 13.2 Å². The highest BCUT2D eigenvalue weighted by atomic mass is 35.5. The average molecular weight is 374 g/mol. The third-order valence-electron chi connectivity index (χ3n) is 3.61. The molecule has 136 valence electrons. The second-order valence-corrected chi connectivity index (χ2v) is 5.96. The Bertz CT molecular complexity index is 736. The van der Waals surface area contributed by atoms with E-state index in [2.05, 4.69) is 22.2 Å². The van der Waals surface area contributed by atoms with Crippen molar-refractivity contribution in [3.63, 3.8) is 0 Å². The molecule has 0 saturated carbocycles. The molecule has 0 aliphatic rings. The van der Waals surface area contributed by atoms with Crippen molar-refractivity contribution in [3.05, 3.63) is 35.1 Å². The maximum Gasteiger partial charge on any atom is 0.417 e. The molecule has 25 heavy (non-hydrogen) atoms. The first-order valence-corrected chi connectivity index (χ1v) is 8.07. The van der Waals surface area contributed by atoms with Crippen LogP contribution in [-0.4, -0.2) is 23.6 Å². The number of nitrogens with one attached hydrogen (secondary N) is 1. The molecule has 1 heterocycles. The Morgan fingerprint density at radius 3 is 2.64 bits per heavy atom. The molecule has 2 aromatic rings. The van der Waals surface area contributed by atoms with E-state index in [0.29, 0.717) is 5.82 Å². The molecular weight excluding hydrogens is 355 g/mol. The van der Waals surface area contributed by atoms with Gasteiger partial charge in [-0.3, -0.25) is 0 Å². The van der Waals surface area contributed by atoms with Crippen molar-refractivity contribution in [2.24, 2.45) is 0 Å². The predicted molar refractivity (Wildman–Crippen MR) is 94.4 cm³/mol. The molecule has 3 N–H and O–H groups in total. The van der Waals surface area contributed by atoms with Gasteiger partial charge in [-0.05, 0) is 24.6 Å². The molecule has 0 unspecified atom stereocenters. The topological polar surface area (TPSA) is 67.1 Å². The zero-order chi connectivity index (χ0) is 18.6. The Balaban J connectivity index is 2.29. The highest BCUT2D eigenvalue weighted by Crippen LogP contribution is 2.37. The molecule has 9 heteroatoms. The van der Waals surface area contributed by atoms with E-state index in [-0.39, 0.29) is 22.2 Å². The number of hydrogen-bond donors (Lipinski definition) is 2. The molecule has 0 spiro atoms. The zero-order valence-corrected chi connectivity index (χ0v) is 14.6. The van der Waals surface area contributed by atoms with Crippen LogP contribution in [0, 0.1) is 0 Å². The molecule has 0 radical (unpaired) electrons. The van der Waals surface area contributed by atoms with Crippen molar-refractivity contribution in [1.82, 2.24) is 9.97 Å². The quantitative estimate of drug-likeness (QED) is 0.767. The fourth-order valence-corrected chi connectivity index (χ4v) is 2.47. The van der Waals surface area contributed by atoms with Crippen LogP contribution >= 0.6 is 11.6 Å². The van der Waals surface area contributed by atoms with Crippen molar-refractivity contribution in [1.29, 1.82) is 0 Å².